The Hall–Kier alpha value is -1.77. The molecule has 0 spiro atoms. The van der Waals surface area contributed by atoms with Gasteiger partial charge < -0.3 is 14.9 Å². The first-order valence-corrected chi connectivity index (χ1v) is 6.90. The summed E-state index contributed by atoms with van der Waals surface area (Å²) in [4.78, 5) is 26.2. The number of urea groups is 1. The molecule has 0 saturated heterocycles. The number of carbonyl (C=O) groups is 2. The molecule has 0 rings (SSSR count). The van der Waals surface area contributed by atoms with Crippen LogP contribution in [0.5, 0.6) is 0 Å². The van der Waals surface area contributed by atoms with Gasteiger partial charge in [0.25, 0.3) is 0 Å². The Morgan fingerprint density at radius 2 is 1.60 bits per heavy atom. The van der Waals surface area contributed by atoms with Crippen molar-refractivity contribution in [3.8, 4) is 6.07 Å². The topological polar surface area (TPSA) is 84.6 Å². The van der Waals surface area contributed by atoms with Crippen LogP contribution in [0.3, 0.4) is 0 Å². The highest BCUT2D eigenvalue weighted by Gasteiger charge is 2.23. The zero-order chi connectivity index (χ0) is 15.7. The first kappa shape index (κ1) is 18.2. The molecule has 2 amide bonds. The van der Waals surface area contributed by atoms with Crippen molar-refractivity contribution in [2.45, 2.75) is 34.1 Å². The van der Waals surface area contributed by atoms with Crippen LogP contribution in [0.1, 0.15) is 34.1 Å². The van der Waals surface area contributed by atoms with Gasteiger partial charge in [-0.1, -0.05) is 27.7 Å². The summed E-state index contributed by atoms with van der Waals surface area (Å²) >= 11 is 0. The molecular weight excluding hydrogens is 258 g/mol. The van der Waals surface area contributed by atoms with E-state index in [0.717, 1.165) is 0 Å². The fourth-order valence-corrected chi connectivity index (χ4v) is 1.91. The fourth-order valence-electron chi connectivity index (χ4n) is 1.91. The van der Waals surface area contributed by atoms with Crippen molar-refractivity contribution in [3.05, 3.63) is 0 Å². The number of carboxylic acid groups (broad SMARTS) is 1. The Bertz CT molecular complexity index is 361. The number of hydrogen-bond donors (Lipinski definition) is 1. The molecule has 0 aromatic carbocycles. The molecule has 0 aliphatic carbocycles. The van der Waals surface area contributed by atoms with Crippen molar-refractivity contribution in [2.75, 3.05) is 26.2 Å². The number of carbonyl (C=O) groups excluding carboxylic acids is 1. The number of amides is 2. The van der Waals surface area contributed by atoms with Crippen LogP contribution in [-0.2, 0) is 4.79 Å². The van der Waals surface area contributed by atoms with Crippen LogP contribution in [-0.4, -0.2) is 53.1 Å². The molecular formula is C14H25N3O3. The monoisotopic (exact) mass is 283 g/mol. The molecule has 0 radical (unpaired) electrons. The quantitative estimate of drug-likeness (QED) is 0.738. The molecule has 0 aromatic rings. The van der Waals surface area contributed by atoms with Gasteiger partial charge in [0.05, 0.1) is 12.5 Å². The minimum atomic E-state index is -1.02. The van der Waals surface area contributed by atoms with Crippen molar-refractivity contribution in [1.82, 2.24) is 9.80 Å². The Balaban J connectivity index is 4.91. The fraction of sp³-hybridized carbons (Fsp3) is 0.786. The third kappa shape index (κ3) is 7.62. The second kappa shape index (κ2) is 9.18. The van der Waals surface area contributed by atoms with E-state index in [2.05, 4.69) is 0 Å². The third-order valence-corrected chi connectivity index (χ3v) is 2.53. The lowest BCUT2D eigenvalue weighted by molar-refractivity contribution is -0.137. The maximum Gasteiger partial charge on any atom is 0.323 e. The molecule has 0 atom stereocenters. The Morgan fingerprint density at radius 1 is 1.10 bits per heavy atom. The summed E-state index contributed by atoms with van der Waals surface area (Å²) in [6, 6.07) is 1.72. The van der Waals surface area contributed by atoms with Gasteiger partial charge in [-0.25, -0.2) is 4.79 Å². The summed E-state index contributed by atoms with van der Waals surface area (Å²) in [5.41, 5.74) is 0. The van der Waals surface area contributed by atoms with Crippen LogP contribution < -0.4 is 0 Å². The van der Waals surface area contributed by atoms with Crippen molar-refractivity contribution in [2.24, 2.45) is 11.8 Å². The van der Waals surface area contributed by atoms with Gasteiger partial charge in [0, 0.05) is 19.6 Å². The zero-order valence-electron chi connectivity index (χ0n) is 12.8. The summed E-state index contributed by atoms with van der Waals surface area (Å²) in [7, 11) is 0. The predicted molar refractivity (Wildman–Crippen MR) is 76.1 cm³/mol. The average Bonchev–Trinajstić information content (AvgIpc) is 2.31. The van der Waals surface area contributed by atoms with Crippen LogP contribution in [0.15, 0.2) is 0 Å². The maximum absolute atomic E-state index is 12.4. The van der Waals surface area contributed by atoms with Gasteiger partial charge in [-0.3, -0.25) is 4.79 Å². The van der Waals surface area contributed by atoms with Gasteiger partial charge in [-0.2, -0.15) is 5.26 Å². The van der Waals surface area contributed by atoms with Gasteiger partial charge in [-0.15, -0.1) is 0 Å². The Kier molecular flexibility index (Phi) is 8.37. The van der Waals surface area contributed by atoms with Crippen molar-refractivity contribution < 1.29 is 14.7 Å². The lowest BCUT2D eigenvalue weighted by Gasteiger charge is -2.31. The molecule has 0 bridgehead atoms. The van der Waals surface area contributed by atoms with Crippen LogP contribution in [0.2, 0.25) is 0 Å². The number of rotatable bonds is 8. The molecule has 6 nitrogen and oxygen atoms in total. The standard InChI is InChI=1S/C14H25N3O3/c1-11(2)8-16(7-5-6-15)14(20)17(9-12(3)4)10-13(18)19/h11-12H,5,7-10H2,1-4H3,(H,18,19). The highest BCUT2D eigenvalue weighted by molar-refractivity contribution is 5.80. The van der Waals surface area contributed by atoms with Gasteiger partial charge in [0.15, 0.2) is 0 Å². The van der Waals surface area contributed by atoms with Crippen LogP contribution in [0.25, 0.3) is 0 Å². The highest BCUT2D eigenvalue weighted by Crippen LogP contribution is 2.08. The van der Waals surface area contributed by atoms with E-state index >= 15 is 0 Å². The van der Waals surface area contributed by atoms with Gasteiger partial charge in [0.2, 0.25) is 0 Å². The largest absolute Gasteiger partial charge is 0.480 e. The van der Waals surface area contributed by atoms with Gasteiger partial charge >= 0.3 is 12.0 Å². The first-order valence-electron chi connectivity index (χ1n) is 6.90. The van der Waals surface area contributed by atoms with E-state index in [1.807, 2.05) is 33.8 Å². The maximum atomic E-state index is 12.4. The molecule has 0 aliphatic rings. The summed E-state index contributed by atoms with van der Waals surface area (Å²) in [5.74, 6) is -0.567. The van der Waals surface area contributed by atoms with E-state index in [4.69, 9.17) is 10.4 Å². The normalized spacial score (nSPS) is 10.4. The number of nitrogens with zero attached hydrogens (tertiary/aromatic N) is 3. The lowest BCUT2D eigenvalue weighted by Crippen LogP contribution is -2.48. The lowest BCUT2D eigenvalue weighted by atomic mass is 10.2. The van der Waals surface area contributed by atoms with Crippen molar-refractivity contribution in [1.29, 1.82) is 5.26 Å². The average molecular weight is 283 g/mol. The molecule has 6 heteroatoms. The van der Waals surface area contributed by atoms with E-state index in [0.29, 0.717) is 19.6 Å². The minimum absolute atomic E-state index is 0.190. The zero-order valence-corrected chi connectivity index (χ0v) is 12.8. The van der Waals surface area contributed by atoms with E-state index < -0.39 is 5.97 Å². The highest BCUT2D eigenvalue weighted by atomic mass is 16.4. The number of carboxylic acids is 1. The summed E-state index contributed by atoms with van der Waals surface area (Å²) < 4.78 is 0. The van der Waals surface area contributed by atoms with E-state index in [1.165, 1.54) is 4.90 Å². The first-order chi connectivity index (χ1) is 9.27. The van der Waals surface area contributed by atoms with E-state index in [1.54, 1.807) is 4.90 Å². The third-order valence-electron chi connectivity index (χ3n) is 2.53. The second-order valence-corrected chi connectivity index (χ2v) is 5.70. The molecule has 0 fully saturated rings. The van der Waals surface area contributed by atoms with Crippen molar-refractivity contribution >= 4 is 12.0 Å². The van der Waals surface area contributed by atoms with Crippen LogP contribution in [0.4, 0.5) is 4.79 Å². The number of hydrogen-bond acceptors (Lipinski definition) is 3. The number of aliphatic carboxylic acids is 1. The Labute approximate surface area is 121 Å². The molecule has 0 heterocycles. The molecule has 0 aromatic heterocycles. The molecule has 0 aliphatic heterocycles. The van der Waals surface area contributed by atoms with Gasteiger partial charge in [-0.05, 0) is 11.8 Å². The van der Waals surface area contributed by atoms with Crippen LogP contribution >= 0.6 is 0 Å². The second-order valence-electron chi connectivity index (χ2n) is 5.70. The summed E-state index contributed by atoms with van der Waals surface area (Å²) in [5, 5.41) is 17.6. The molecule has 114 valence electrons. The van der Waals surface area contributed by atoms with E-state index in [-0.39, 0.29) is 30.8 Å². The summed E-state index contributed by atoms with van der Waals surface area (Å²) in [6.07, 6.45) is 0.251. The summed E-state index contributed by atoms with van der Waals surface area (Å²) in [6.45, 7) is 8.78. The Morgan fingerprint density at radius 3 is 2.00 bits per heavy atom. The predicted octanol–water partition coefficient (Wildman–Crippen LogP) is 2.02. The molecule has 20 heavy (non-hydrogen) atoms. The van der Waals surface area contributed by atoms with Crippen molar-refractivity contribution in [3.63, 3.8) is 0 Å². The number of nitriles is 1. The molecule has 0 saturated carbocycles. The SMILES string of the molecule is CC(C)CN(CCC#N)C(=O)N(CC(=O)O)CC(C)C. The van der Waals surface area contributed by atoms with E-state index in [9.17, 15) is 9.59 Å². The van der Waals surface area contributed by atoms with Gasteiger partial charge in [0.1, 0.15) is 6.54 Å². The molecule has 0 unspecified atom stereocenters. The smallest absolute Gasteiger partial charge is 0.323 e. The minimum Gasteiger partial charge on any atom is -0.480 e. The molecule has 1 N–H and O–H groups in total. The van der Waals surface area contributed by atoms with Crippen LogP contribution in [0, 0.1) is 23.2 Å².